The third-order valence-corrected chi connectivity index (χ3v) is 4.00. The molecule has 0 aromatic carbocycles. The zero-order valence-electron chi connectivity index (χ0n) is 13.0. The fourth-order valence-corrected chi connectivity index (χ4v) is 2.87. The van der Waals surface area contributed by atoms with Gasteiger partial charge in [0.2, 0.25) is 0 Å². The van der Waals surface area contributed by atoms with Crippen LogP contribution in [0.3, 0.4) is 0 Å². The van der Waals surface area contributed by atoms with Gasteiger partial charge >= 0.3 is 0 Å². The standard InChI is InChI=1S/C15H32N2O/c1-13(2)18-10-9-17(5)12-15(3,4)14-7-6-8-16-11-14/h13-14,16H,6-12H2,1-5H3. The van der Waals surface area contributed by atoms with Gasteiger partial charge in [0.1, 0.15) is 0 Å². The first-order valence-electron chi connectivity index (χ1n) is 7.42. The Bertz CT molecular complexity index is 223. The Kier molecular flexibility index (Phi) is 6.61. The average molecular weight is 256 g/mol. The molecule has 1 unspecified atom stereocenters. The van der Waals surface area contributed by atoms with Crippen LogP contribution >= 0.6 is 0 Å². The van der Waals surface area contributed by atoms with E-state index in [0.717, 1.165) is 25.6 Å². The Hall–Kier alpha value is -0.120. The fourth-order valence-electron chi connectivity index (χ4n) is 2.87. The summed E-state index contributed by atoms with van der Waals surface area (Å²) in [6.45, 7) is 14.4. The van der Waals surface area contributed by atoms with Gasteiger partial charge in [-0.05, 0) is 58.2 Å². The predicted octanol–water partition coefficient (Wildman–Crippen LogP) is 2.37. The van der Waals surface area contributed by atoms with Crippen LogP contribution in [0.4, 0.5) is 0 Å². The van der Waals surface area contributed by atoms with Crippen molar-refractivity contribution in [3.05, 3.63) is 0 Å². The highest BCUT2D eigenvalue weighted by Gasteiger charge is 2.31. The van der Waals surface area contributed by atoms with Crippen molar-refractivity contribution >= 4 is 0 Å². The summed E-state index contributed by atoms with van der Waals surface area (Å²) in [4.78, 5) is 2.41. The monoisotopic (exact) mass is 256 g/mol. The Labute approximate surface area is 113 Å². The van der Waals surface area contributed by atoms with Crippen molar-refractivity contribution < 1.29 is 4.74 Å². The summed E-state index contributed by atoms with van der Waals surface area (Å²) in [5.74, 6) is 0.805. The summed E-state index contributed by atoms with van der Waals surface area (Å²) < 4.78 is 5.62. The van der Waals surface area contributed by atoms with Crippen LogP contribution in [0.5, 0.6) is 0 Å². The molecular formula is C15H32N2O. The molecule has 18 heavy (non-hydrogen) atoms. The number of nitrogens with zero attached hydrogens (tertiary/aromatic N) is 1. The van der Waals surface area contributed by atoms with Crippen molar-refractivity contribution in [3.8, 4) is 0 Å². The molecule has 1 aliphatic heterocycles. The number of nitrogens with one attached hydrogen (secondary N) is 1. The minimum absolute atomic E-state index is 0.342. The summed E-state index contributed by atoms with van der Waals surface area (Å²) in [5, 5.41) is 3.53. The molecule has 0 amide bonds. The van der Waals surface area contributed by atoms with E-state index in [1.807, 2.05) is 0 Å². The molecule has 0 aromatic heterocycles. The van der Waals surface area contributed by atoms with Crippen LogP contribution in [0.15, 0.2) is 0 Å². The molecule has 1 N–H and O–H groups in total. The third kappa shape index (κ3) is 5.68. The number of hydrogen-bond donors (Lipinski definition) is 1. The van der Waals surface area contributed by atoms with Gasteiger partial charge in [0.15, 0.2) is 0 Å². The largest absolute Gasteiger partial charge is 0.377 e. The van der Waals surface area contributed by atoms with Crippen LogP contribution < -0.4 is 5.32 Å². The average Bonchev–Trinajstić information content (AvgIpc) is 2.29. The maximum absolute atomic E-state index is 5.62. The first-order valence-corrected chi connectivity index (χ1v) is 7.42. The van der Waals surface area contributed by atoms with Crippen molar-refractivity contribution in [2.45, 2.75) is 46.6 Å². The number of hydrogen-bond acceptors (Lipinski definition) is 3. The predicted molar refractivity (Wildman–Crippen MR) is 78.0 cm³/mol. The van der Waals surface area contributed by atoms with Gasteiger partial charge in [-0.25, -0.2) is 0 Å². The summed E-state index contributed by atoms with van der Waals surface area (Å²) in [5.41, 5.74) is 0.389. The van der Waals surface area contributed by atoms with Crippen molar-refractivity contribution in [3.63, 3.8) is 0 Å². The van der Waals surface area contributed by atoms with Gasteiger partial charge < -0.3 is 15.0 Å². The Balaban J connectivity index is 2.29. The minimum Gasteiger partial charge on any atom is -0.377 e. The van der Waals surface area contributed by atoms with Gasteiger partial charge in [0.05, 0.1) is 12.7 Å². The van der Waals surface area contributed by atoms with E-state index < -0.39 is 0 Å². The molecule has 3 heteroatoms. The summed E-state index contributed by atoms with van der Waals surface area (Å²) in [7, 11) is 2.21. The molecule has 1 aliphatic rings. The van der Waals surface area contributed by atoms with Gasteiger partial charge in [-0.2, -0.15) is 0 Å². The van der Waals surface area contributed by atoms with Crippen LogP contribution in [-0.2, 0) is 4.74 Å². The Morgan fingerprint density at radius 1 is 1.39 bits per heavy atom. The molecular weight excluding hydrogens is 224 g/mol. The van der Waals surface area contributed by atoms with E-state index >= 15 is 0 Å². The highest BCUT2D eigenvalue weighted by molar-refractivity contribution is 4.84. The van der Waals surface area contributed by atoms with Gasteiger partial charge in [0, 0.05) is 13.1 Å². The topological polar surface area (TPSA) is 24.5 Å². The van der Waals surface area contributed by atoms with Gasteiger partial charge in [-0.1, -0.05) is 13.8 Å². The minimum atomic E-state index is 0.342. The first kappa shape index (κ1) is 15.9. The van der Waals surface area contributed by atoms with Crippen molar-refractivity contribution in [1.82, 2.24) is 10.2 Å². The summed E-state index contributed by atoms with van der Waals surface area (Å²) in [6.07, 6.45) is 3.04. The highest BCUT2D eigenvalue weighted by atomic mass is 16.5. The second-order valence-electron chi connectivity index (χ2n) is 6.69. The van der Waals surface area contributed by atoms with Crippen LogP contribution in [0, 0.1) is 11.3 Å². The Morgan fingerprint density at radius 2 is 2.11 bits per heavy atom. The molecule has 1 saturated heterocycles. The molecule has 0 bridgehead atoms. The van der Waals surface area contributed by atoms with Gasteiger partial charge in [-0.3, -0.25) is 0 Å². The molecule has 1 atom stereocenters. The first-order chi connectivity index (χ1) is 8.42. The SMILES string of the molecule is CC(C)OCCN(C)CC(C)(C)C1CCCNC1. The molecule has 3 nitrogen and oxygen atoms in total. The van der Waals surface area contributed by atoms with E-state index in [-0.39, 0.29) is 0 Å². The van der Waals surface area contributed by atoms with Crippen molar-refractivity contribution in [2.75, 3.05) is 39.8 Å². The van der Waals surface area contributed by atoms with Crippen LogP contribution in [-0.4, -0.2) is 50.8 Å². The lowest BCUT2D eigenvalue weighted by atomic mass is 9.74. The molecule has 1 heterocycles. The lowest BCUT2D eigenvalue weighted by Crippen LogP contribution is -2.44. The normalized spacial score (nSPS) is 21.8. The zero-order valence-corrected chi connectivity index (χ0v) is 13.0. The lowest BCUT2D eigenvalue weighted by molar-refractivity contribution is 0.0478. The molecule has 0 spiro atoms. The van der Waals surface area contributed by atoms with Gasteiger partial charge in [0.25, 0.3) is 0 Å². The van der Waals surface area contributed by atoms with Crippen LogP contribution in [0.2, 0.25) is 0 Å². The van der Waals surface area contributed by atoms with Crippen LogP contribution in [0.25, 0.3) is 0 Å². The highest BCUT2D eigenvalue weighted by Crippen LogP contribution is 2.32. The Morgan fingerprint density at radius 3 is 2.67 bits per heavy atom. The number of ether oxygens (including phenoxy) is 1. The van der Waals surface area contributed by atoms with E-state index in [1.165, 1.54) is 25.9 Å². The molecule has 0 radical (unpaired) electrons. The van der Waals surface area contributed by atoms with E-state index in [4.69, 9.17) is 4.74 Å². The second kappa shape index (κ2) is 7.46. The van der Waals surface area contributed by atoms with E-state index in [9.17, 15) is 0 Å². The third-order valence-electron chi connectivity index (χ3n) is 4.00. The van der Waals surface area contributed by atoms with E-state index in [0.29, 0.717) is 11.5 Å². The molecule has 0 aliphatic carbocycles. The molecule has 108 valence electrons. The van der Waals surface area contributed by atoms with Gasteiger partial charge in [-0.15, -0.1) is 0 Å². The molecule has 0 aromatic rings. The van der Waals surface area contributed by atoms with Crippen molar-refractivity contribution in [1.29, 1.82) is 0 Å². The quantitative estimate of drug-likeness (QED) is 0.757. The number of likely N-dealkylation sites (N-methyl/N-ethyl adjacent to an activating group) is 1. The van der Waals surface area contributed by atoms with E-state index in [2.05, 4.69) is 45.0 Å². The smallest absolute Gasteiger partial charge is 0.0596 e. The number of rotatable bonds is 7. The summed E-state index contributed by atoms with van der Waals surface area (Å²) >= 11 is 0. The second-order valence-corrected chi connectivity index (χ2v) is 6.69. The summed E-state index contributed by atoms with van der Waals surface area (Å²) in [6, 6.07) is 0. The zero-order chi connectivity index (χ0) is 13.6. The van der Waals surface area contributed by atoms with Crippen molar-refractivity contribution in [2.24, 2.45) is 11.3 Å². The molecule has 1 fully saturated rings. The molecule has 0 saturated carbocycles. The maximum Gasteiger partial charge on any atom is 0.0596 e. The van der Waals surface area contributed by atoms with E-state index in [1.54, 1.807) is 0 Å². The maximum atomic E-state index is 5.62. The lowest BCUT2D eigenvalue weighted by Gasteiger charge is -2.40. The number of piperidine rings is 1. The fraction of sp³-hybridized carbons (Fsp3) is 1.00. The molecule has 1 rings (SSSR count). The van der Waals surface area contributed by atoms with Crippen LogP contribution in [0.1, 0.15) is 40.5 Å².